The van der Waals surface area contributed by atoms with Crippen molar-refractivity contribution in [1.82, 2.24) is 25.8 Å². The minimum atomic E-state index is 0.549. The molecule has 0 bridgehead atoms. The zero-order valence-electron chi connectivity index (χ0n) is 15.9. The van der Waals surface area contributed by atoms with Gasteiger partial charge in [0.15, 0.2) is 5.96 Å². The van der Waals surface area contributed by atoms with Crippen LogP contribution in [0.3, 0.4) is 0 Å². The Bertz CT molecular complexity index is 905. The third-order valence-corrected chi connectivity index (χ3v) is 4.92. The molecule has 0 fully saturated rings. The smallest absolute Gasteiger partial charge is 0.228 e. The van der Waals surface area contributed by atoms with Crippen molar-refractivity contribution in [2.45, 2.75) is 26.7 Å². The first-order valence-electron chi connectivity index (χ1n) is 9.15. The fourth-order valence-electron chi connectivity index (χ4n) is 2.51. The molecule has 0 saturated carbocycles. The van der Waals surface area contributed by atoms with Crippen molar-refractivity contribution in [3.63, 3.8) is 0 Å². The zero-order chi connectivity index (χ0) is 19.8. The summed E-state index contributed by atoms with van der Waals surface area (Å²) in [6, 6.07) is 7.34. The Morgan fingerprint density at radius 3 is 2.71 bits per heavy atom. The number of benzene rings is 1. The summed E-state index contributed by atoms with van der Waals surface area (Å²) in [5.41, 5.74) is 1.97. The van der Waals surface area contributed by atoms with Gasteiger partial charge in [0.25, 0.3) is 0 Å². The second kappa shape index (κ2) is 10.2. The van der Waals surface area contributed by atoms with Crippen LogP contribution in [-0.2, 0) is 12.8 Å². The normalized spacial score (nSPS) is 11.6. The number of nitrogens with zero attached hydrogens (tertiary/aromatic N) is 4. The molecule has 0 aliphatic carbocycles. The van der Waals surface area contributed by atoms with E-state index in [1.807, 2.05) is 26.0 Å². The number of hydrogen-bond acceptors (Lipinski definition) is 6. The van der Waals surface area contributed by atoms with Gasteiger partial charge in [0, 0.05) is 41.9 Å². The Balaban J connectivity index is 1.50. The highest BCUT2D eigenvalue weighted by atomic mass is 35.5. The lowest BCUT2D eigenvalue weighted by Crippen LogP contribution is -2.38. The van der Waals surface area contributed by atoms with Crippen LogP contribution < -0.4 is 10.6 Å². The lowest BCUT2D eigenvalue weighted by Gasteiger charge is -2.10. The molecule has 148 valence electrons. The van der Waals surface area contributed by atoms with Crippen LogP contribution >= 0.6 is 22.9 Å². The molecule has 0 amide bonds. The molecule has 2 heterocycles. The Hall–Kier alpha value is -2.45. The van der Waals surface area contributed by atoms with Gasteiger partial charge in [-0.2, -0.15) is 4.98 Å². The van der Waals surface area contributed by atoms with Gasteiger partial charge in [0.1, 0.15) is 0 Å². The highest BCUT2D eigenvalue weighted by Gasteiger charge is 2.08. The first-order valence-corrected chi connectivity index (χ1v) is 10.4. The van der Waals surface area contributed by atoms with Crippen molar-refractivity contribution in [1.29, 1.82) is 0 Å². The maximum absolute atomic E-state index is 5.91. The lowest BCUT2D eigenvalue weighted by atomic mass is 10.2. The Labute approximate surface area is 173 Å². The van der Waals surface area contributed by atoms with Crippen LogP contribution in [-0.4, -0.2) is 40.7 Å². The molecule has 2 N–H and O–H groups in total. The molecule has 2 aromatic heterocycles. The van der Waals surface area contributed by atoms with E-state index < -0.39 is 0 Å². The van der Waals surface area contributed by atoms with Gasteiger partial charge in [-0.05, 0) is 38.1 Å². The zero-order valence-corrected chi connectivity index (χ0v) is 17.5. The standard InChI is InChI=1S/C19H23ClN6OS/c1-3-21-19(22-10-8-16-12-28-13(2)24-16)23-11-9-17-25-18(26-27-17)14-4-6-15(20)7-5-14/h4-7,12H,3,8-11H2,1-2H3,(H2,21,22,23). The van der Waals surface area contributed by atoms with Crippen molar-refractivity contribution >= 4 is 28.9 Å². The summed E-state index contributed by atoms with van der Waals surface area (Å²) in [6.45, 7) is 6.17. The SMILES string of the molecule is CCNC(=NCCc1nc(-c2ccc(Cl)cc2)no1)NCCc1csc(C)n1. The topological polar surface area (TPSA) is 88.2 Å². The van der Waals surface area contributed by atoms with E-state index in [1.54, 1.807) is 23.5 Å². The van der Waals surface area contributed by atoms with E-state index in [-0.39, 0.29) is 0 Å². The molecular weight excluding hydrogens is 396 g/mol. The Kier molecular flexibility index (Phi) is 7.39. The fourth-order valence-corrected chi connectivity index (χ4v) is 3.28. The monoisotopic (exact) mass is 418 g/mol. The molecule has 7 nitrogen and oxygen atoms in total. The maximum atomic E-state index is 5.91. The largest absolute Gasteiger partial charge is 0.357 e. The van der Waals surface area contributed by atoms with Crippen molar-refractivity contribution in [2.75, 3.05) is 19.6 Å². The number of thiazole rings is 1. The molecule has 0 aliphatic heterocycles. The van der Waals surface area contributed by atoms with Gasteiger partial charge >= 0.3 is 0 Å². The highest BCUT2D eigenvalue weighted by molar-refractivity contribution is 7.09. The molecule has 0 saturated heterocycles. The second-order valence-electron chi connectivity index (χ2n) is 6.06. The molecule has 3 aromatic rings. The van der Waals surface area contributed by atoms with E-state index in [9.17, 15) is 0 Å². The van der Waals surface area contributed by atoms with Crippen LogP contribution in [0.5, 0.6) is 0 Å². The summed E-state index contributed by atoms with van der Waals surface area (Å²) in [7, 11) is 0. The fraction of sp³-hybridized carbons (Fsp3) is 0.368. The van der Waals surface area contributed by atoms with Gasteiger partial charge in [0.2, 0.25) is 11.7 Å². The molecule has 0 radical (unpaired) electrons. The van der Waals surface area contributed by atoms with E-state index in [0.29, 0.717) is 29.7 Å². The van der Waals surface area contributed by atoms with Gasteiger partial charge < -0.3 is 15.2 Å². The van der Waals surface area contributed by atoms with Crippen LogP contribution in [0.4, 0.5) is 0 Å². The first-order chi connectivity index (χ1) is 13.6. The van der Waals surface area contributed by atoms with Crippen LogP contribution in [0.2, 0.25) is 5.02 Å². The predicted molar refractivity (Wildman–Crippen MR) is 113 cm³/mol. The molecule has 0 atom stereocenters. The number of aliphatic imine (C=N–C) groups is 1. The minimum Gasteiger partial charge on any atom is -0.357 e. The van der Waals surface area contributed by atoms with E-state index in [0.717, 1.165) is 41.7 Å². The van der Waals surface area contributed by atoms with E-state index >= 15 is 0 Å². The average Bonchev–Trinajstić information content (AvgIpc) is 3.31. The molecule has 1 aromatic carbocycles. The van der Waals surface area contributed by atoms with Gasteiger partial charge in [-0.25, -0.2) is 4.98 Å². The quantitative estimate of drug-likeness (QED) is 0.430. The number of rotatable bonds is 8. The Morgan fingerprint density at radius 1 is 1.18 bits per heavy atom. The van der Waals surface area contributed by atoms with Crippen molar-refractivity contribution in [3.8, 4) is 11.4 Å². The number of nitrogens with one attached hydrogen (secondary N) is 2. The van der Waals surface area contributed by atoms with Crippen LogP contribution in [0.25, 0.3) is 11.4 Å². The molecule has 3 rings (SSSR count). The van der Waals surface area contributed by atoms with Gasteiger partial charge in [-0.15, -0.1) is 11.3 Å². The molecular formula is C19H23ClN6OS. The maximum Gasteiger partial charge on any atom is 0.228 e. The highest BCUT2D eigenvalue weighted by Crippen LogP contribution is 2.18. The average molecular weight is 419 g/mol. The van der Waals surface area contributed by atoms with Gasteiger partial charge in [-0.1, -0.05) is 16.8 Å². The number of hydrogen-bond donors (Lipinski definition) is 2. The first kappa shape index (κ1) is 20.3. The minimum absolute atomic E-state index is 0.549. The van der Waals surface area contributed by atoms with Crippen LogP contribution in [0.1, 0.15) is 23.5 Å². The summed E-state index contributed by atoms with van der Waals surface area (Å²) < 4.78 is 5.32. The number of halogens is 1. The summed E-state index contributed by atoms with van der Waals surface area (Å²) in [6.07, 6.45) is 1.44. The summed E-state index contributed by atoms with van der Waals surface area (Å²) in [5, 5.41) is 14.4. The van der Waals surface area contributed by atoms with Crippen LogP contribution in [0, 0.1) is 6.92 Å². The van der Waals surface area contributed by atoms with Gasteiger partial charge in [-0.3, -0.25) is 4.99 Å². The number of guanidine groups is 1. The Morgan fingerprint density at radius 2 is 2.00 bits per heavy atom. The van der Waals surface area contributed by atoms with Crippen molar-refractivity contribution in [2.24, 2.45) is 4.99 Å². The van der Waals surface area contributed by atoms with E-state index in [4.69, 9.17) is 16.1 Å². The molecule has 9 heteroatoms. The predicted octanol–water partition coefficient (Wildman–Crippen LogP) is 3.50. The molecule has 0 aliphatic rings. The molecule has 0 unspecified atom stereocenters. The summed E-state index contributed by atoms with van der Waals surface area (Å²) in [4.78, 5) is 13.5. The van der Waals surface area contributed by atoms with E-state index in [2.05, 4.69) is 36.1 Å². The van der Waals surface area contributed by atoms with Crippen molar-refractivity contribution in [3.05, 3.63) is 51.3 Å². The molecule has 28 heavy (non-hydrogen) atoms. The van der Waals surface area contributed by atoms with Gasteiger partial charge in [0.05, 0.1) is 17.2 Å². The lowest BCUT2D eigenvalue weighted by molar-refractivity contribution is 0.380. The number of aromatic nitrogens is 3. The third kappa shape index (κ3) is 6.03. The summed E-state index contributed by atoms with van der Waals surface area (Å²) in [5.74, 6) is 1.88. The number of aryl methyl sites for hydroxylation is 1. The third-order valence-electron chi connectivity index (χ3n) is 3.85. The van der Waals surface area contributed by atoms with Crippen LogP contribution in [0.15, 0.2) is 39.2 Å². The molecule has 0 spiro atoms. The second-order valence-corrected chi connectivity index (χ2v) is 7.56. The van der Waals surface area contributed by atoms with Crippen molar-refractivity contribution < 1.29 is 4.52 Å². The summed E-state index contributed by atoms with van der Waals surface area (Å²) >= 11 is 7.58. The van der Waals surface area contributed by atoms with E-state index in [1.165, 1.54) is 0 Å².